The van der Waals surface area contributed by atoms with Gasteiger partial charge in [0.1, 0.15) is 0 Å². The maximum Gasteiger partial charge on any atom is 0.0560 e. The van der Waals surface area contributed by atoms with Crippen molar-refractivity contribution < 1.29 is 0 Å². The largest absolute Gasteiger partial charge is 0.320 e. The van der Waals surface area contributed by atoms with Crippen LogP contribution in [-0.2, 0) is 0 Å². The van der Waals surface area contributed by atoms with Gasteiger partial charge in [-0.3, -0.25) is 0 Å². The predicted octanol–water partition coefficient (Wildman–Crippen LogP) is 4.20. The molecule has 0 radical (unpaired) electrons. The van der Waals surface area contributed by atoms with Crippen molar-refractivity contribution in [3.63, 3.8) is 0 Å². The summed E-state index contributed by atoms with van der Waals surface area (Å²) in [6.07, 6.45) is 0. The fraction of sp³-hybridized carbons (Fsp3) is 0.111. The molecule has 1 unspecified atom stereocenters. The molecule has 0 spiro atoms. The van der Waals surface area contributed by atoms with E-state index in [-0.39, 0.29) is 6.04 Å². The zero-order chi connectivity index (χ0) is 13.2. The first-order chi connectivity index (χ1) is 9.27. The Morgan fingerprint density at radius 3 is 2.26 bits per heavy atom. The van der Waals surface area contributed by atoms with Gasteiger partial charge in [0.2, 0.25) is 0 Å². The fourth-order valence-electron chi connectivity index (χ4n) is 2.64. The lowest BCUT2D eigenvalue weighted by Gasteiger charge is -2.18. The Labute approximate surface area is 113 Å². The summed E-state index contributed by atoms with van der Waals surface area (Å²) in [5.41, 5.74) is 10.1. The molecule has 0 aliphatic carbocycles. The number of benzene rings is 3. The van der Waals surface area contributed by atoms with E-state index in [1.54, 1.807) is 0 Å². The Balaban J connectivity index is 2.22. The van der Waals surface area contributed by atoms with Crippen LogP contribution in [0.15, 0.2) is 66.7 Å². The minimum Gasteiger partial charge on any atom is -0.320 e. The Kier molecular flexibility index (Phi) is 3.06. The van der Waals surface area contributed by atoms with Crippen molar-refractivity contribution in [3.05, 3.63) is 83.4 Å². The van der Waals surface area contributed by atoms with Gasteiger partial charge in [-0.15, -0.1) is 0 Å². The summed E-state index contributed by atoms with van der Waals surface area (Å²) in [7, 11) is 0. The molecular formula is C18H17N. The van der Waals surface area contributed by atoms with Crippen LogP contribution < -0.4 is 5.73 Å². The van der Waals surface area contributed by atoms with Gasteiger partial charge >= 0.3 is 0 Å². The highest BCUT2D eigenvalue weighted by Gasteiger charge is 2.14. The van der Waals surface area contributed by atoms with Gasteiger partial charge in [0.15, 0.2) is 0 Å². The van der Waals surface area contributed by atoms with Crippen LogP contribution in [0.3, 0.4) is 0 Å². The van der Waals surface area contributed by atoms with E-state index in [0.29, 0.717) is 0 Å². The van der Waals surface area contributed by atoms with E-state index in [9.17, 15) is 0 Å². The van der Waals surface area contributed by atoms with Crippen molar-refractivity contribution in [1.29, 1.82) is 0 Å². The summed E-state index contributed by atoms with van der Waals surface area (Å²) in [4.78, 5) is 0. The van der Waals surface area contributed by atoms with E-state index < -0.39 is 0 Å². The van der Waals surface area contributed by atoms with Gasteiger partial charge in [0.25, 0.3) is 0 Å². The first-order valence-electron chi connectivity index (χ1n) is 6.56. The van der Waals surface area contributed by atoms with E-state index >= 15 is 0 Å². The number of hydrogen-bond donors (Lipinski definition) is 1. The number of hydrogen-bond acceptors (Lipinski definition) is 1. The van der Waals surface area contributed by atoms with Crippen molar-refractivity contribution in [3.8, 4) is 0 Å². The fourth-order valence-corrected chi connectivity index (χ4v) is 2.64. The summed E-state index contributed by atoms with van der Waals surface area (Å²) in [5.74, 6) is 0. The molecule has 0 heterocycles. The third kappa shape index (κ3) is 2.13. The maximum absolute atomic E-state index is 6.48. The normalized spacial score (nSPS) is 12.5. The van der Waals surface area contributed by atoms with Crippen LogP contribution in [0.4, 0.5) is 0 Å². The van der Waals surface area contributed by atoms with Crippen LogP contribution in [0.2, 0.25) is 0 Å². The highest BCUT2D eigenvalue weighted by molar-refractivity contribution is 5.87. The van der Waals surface area contributed by atoms with Crippen LogP contribution in [0, 0.1) is 6.92 Å². The molecule has 3 aromatic rings. The van der Waals surface area contributed by atoms with Gasteiger partial charge in [-0.2, -0.15) is 0 Å². The van der Waals surface area contributed by atoms with Gasteiger partial charge in [-0.1, -0.05) is 66.7 Å². The van der Waals surface area contributed by atoms with Gasteiger partial charge in [0, 0.05) is 0 Å². The molecule has 0 aromatic heterocycles. The lowest BCUT2D eigenvalue weighted by Crippen LogP contribution is -2.13. The first kappa shape index (κ1) is 11.9. The van der Waals surface area contributed by atoms with Crippen LogP contribution in [0.5, 0.6) is 0 Å². The molecule has 0 saturated heterocycles. The molecule has 1 atom stereocenters. The summed E-state index contributed by atoms with van der Waals surface area (Å²) >= 11 is 0. The third-order valence-electron chi connectivity index (χ3n) is 3.66. The lowest BCUT2D eigenvalue weighted by atomic mass is 9.91. The van der Waals surface area contributed by atoms with Gasteiger partial charge in [-0.05, 0) is 34.4 Å². The Bertz CT molecular complexity index is 701. The molecular weight excluding hydrogens is 230 g/mol. The van der Waals surface area contributed by atoms with E-state index in [0.717, 1.165) is 5.56 Å². The SMILES string of the molecule is Cc1ccc2ccccc2c1C(N)c1ccccc1. The second-order valence-electron chi connectivity index (χ2n) is 4.91. The Morgan fingerprint density at radius 2 is 1.47 bits per heavy atom. The Hall–Kier alpha value is -2.12. The standard InChI is InChI=1S/C18H17N/c1-13-11-12-14-7-5-6-10-16(14)17(13)18(19)15-8-3-2-4-9-15/h2-12,18H,19H2,1H3. The summed E-state index contributed by atoms with van der Waals surface area (Å²) in [6, 6.07) is 22.9. The average molecular weight is 247 g/mol. The summed E-state index contributed by atoms with van der Waals surface area (Å²) < 4.78 is 0. The second kappa shape index (κ2) is 4.87. The zero-order valence-electron chi connectivity index (χ0n) is 11.0. The molecule has 1 heteroatoms. The minimum atomic E-state index is -0.0766. The lowest BCUT2D eigenvalue weighted by molar-refractivity contribution is 0.871. The minimum absolute atomic E-state index is 0.0766. The maximum atomic E-state index is 6.48. The molecule has 19 heavy (non-hydrogen) atoms. The van der Waals surface area contributed by atoms with E-state index in [2.05, 4.69) is 55.5 Å². The van der Waals surface area contributed by atoms with Gasteiger partial charge in [-0.25, -0.2) is 0 Å². The van der Waals surface area contributed by atoms with Crippen LogP contribution in [0.1, 0.15) is 22.7 Å². The average Bonchev–Trinajstić information content (AvgIpc) is 2.47. The molecule has 1 nitrogen and oxygen atoms in total. The van der Waals surface area contributed by atoms with E-state index in [1.807, 2.05) is 18.2 Å². The molecule has 0 aliphatic rings. The molecule has 0 amide bonds. The van der Waals surface area contributed by atoms with E-state index in [4.69, 9.17) is 5.73 Å². The van der Waals surface area contributed by atoms with Gasteiger partial charge in [0.05, 0.1) is 6.04 Å². The van der Waals surface area contributed by atoms with Crippen molar-refractivity contribution in [2.45, 2.75) is 13.0 Å². The molecule has 0 bridgehead atoms. The van der Waals surface area contributed by atoms with Crippen molar-refractivity contribution in [2.24, 2.45) is 5.73 Å². The van der Waals surface area contributed by atoms with Crippen molar-refractivity contribution in [2.75, 3.05) is 0 Å². The first-order valence-corrected chi connectivity index (χ1v) is 6.56. The molecule has 94 valence electrons. The van der Waals surface area contributed by atoms with Crippen LogP contribution in [0.25, 0.3) is 10.8 Å². The highest BCUT2D eigenvalue weighted by atomic mass is 14.6. The quantitative estimate of drug-likeness (QED) is 0.721. The topological polar surface area (TPSA) is 26.0 Å². The van der Waals surface area contributed by atoms with Gasteiger partial charge < -0.3 is 5.73 Å². The second-order valence-corrected chi connectivity index (χ2v) is 4.91. The number of fused-ring (bicyclic) bond motifs is 1. The number of aryl methyl sites for hydroxylation is 1. The Morgan fingerprint density at radius 1 is 0.789 bits per heavy atom. The molecule has 3 aromatic carbocycles. The number of rotatable bonds is 2. The molecule has 2 N–H and O–H groups in total. The molecule has 3 rings (SSSR count). The van der Waals surface area contributed by atoms with Crippen molar-refractivity contribution in [1.82, 2.24) is 0 Å². The van der Waals surface area contributed by atoms with E-state index in [1.165, 1.54) is 21.9 Å². The summed E-state index contributed by atoms with van der Waals surface area (Å²) in [6.45, 7) is 2.13. The smallest absolute Gasteiger partial charge is 0.0560 e. The molecule has 0 saturated carbocycles. The van der Waals surface area contributed by atoms with Crippen LogP contribution >= 0.6 is 0 Å². The molecule has 0 fully saturated rings. The molecule has 0 aliphatic heterocycles. The predicted molar refractivity (Wildman–Crippen MR) is 81.2 cm³/mol. The zero-order valence-corrected chi connectivity index (χ0v) is 11.0. The van der Waals surface area contributed by atoms with Crippen LogP contribution in [-0.4, -0.2) is 0 Å². The van der Waals surface area contributed by atoms with Crippen molar-refractivity contribution >= 4 is 10.8 Å². The third-order valence-corrected chi connectivity index (χ3v) is 3.66. The highest BCUT2D eigenvalue weighted by Crippen LogP contribution is 2.30. The monoisotopic (exact) mass is 247 g/mol. The summed E-state index contributed by atoms with van der Waals surface area (Å²) in [5, 5.41) is 2.49. The number of nitrogens with two attached hydrogens (primary N) is 1.